The Hall–Kier alpha value is -1.02. The van der Waals surface area contributed by atoms with E-state index < -0.39 is 0 Å². The number of hydrogen-bond donors (Lipinski definition) is 2. The third-order valence-electron chi connectivity index (χ3n) is 3.03. The Labute approximate surface area is 78.4 Å². The van der Waals surface area contributed by atoms with Gasteiger partial charge >= 0.3 is 0 Å². The second-order valence-electron chi connectivity index (χ2n) is 3.98. The molecule has 1 aliphatic carbocycles. The van der Waals surface area contributed by atoms with Gasteiger partial charge in [0, 0.05) is 12.0 Å². The number of phenolic OH excluding ortho intramolecular Hbond substituents is 1. The highest BCUT2D eigenvalue weighted by molar-refractivity contribution is 5.42. The van der Waals surface area contributed by atoms with Crippen LogP contribution in [-0.4, -0.2) is 11.7 Å². The topological polar surface area (TPSA) is 46.2 Å². The lowest BCUT2D eigenvalue weighted by atomic mass is 9.92. The van der Waals surface area contributed by atoms with Gasteiger partial charge in [0.2, 0.25) is 0 Å². The molecular weight excluding hydrogens is 162 g/mol. The summed E-state index contributed by atoms with van der Waals surface area (Å²) >= 11 is 0. The first kappa shape index (κ1) is 8.57. The van der Waals surface area contributed by atoms with Gasteiger partial charge in [0.1, 0.15) is 5.75 Å². The van der Waals surface area contributed by atoms with Crippen LogP contribution in [0.4, 0.5) is 0 Å². The predicted octanol–water partition coefficient (Wildman–Crippen LogP) is 1.69. The average molecular weight is 177 g/mol. The number of aromatic hydroxyl groups is 1. The van der Waals surface area contributed by atoms with Gasteiger partial charge in [0.15, 0.2) is 0 Å². The van der Waals surface area contributed by atoms with E-state index in [0.717, 1.165) is 12.1 Å². The van der Waals surface area contributed by atoms with Gasteiger partial charge in [-0.25, -0.2) is 0 Å². The number of hydrogen-bond acceptors (Lipinski definition) is 2. The summed E-state index contributed by atoms with van der Waals surface area (Å²) in [4.78, 5) is 0. The van der Waals surface area contributed by atoms with Crippen LogP contribution in [-0.2, 0) is 5.41 Å². The van der Waals surface area contributed by atoms with E-state index >= 15 is 0 Å². The molecule has 0 bridgehead atoms. The molecule has 2 rings (SSSR count). The number of rotatable bonds is 2. The van der Waals surface area contributed by atoms with E-state index in [9.17, 15) is 5.11 Å². The van der Waals surface area contributed by atoms with Crippen molar-refractivity contribution in [3.05, 3.63) is 29.3 Å². The fraction of sp³-hybridized carbons (Fsp3) is 0.455. The number of nitrogens with two attached hydrogens (primary N) is 1. The quantitative estimate of drug-likeness (QED) is 0.722. The molecule has 1 fully saturated rings. The summed E-state index contributed by atoms with van der Waals surface area (Å²) in [5.41, 5.74) is 8.45. The first-order chi connectivity index (χ1) is 6.18. The standard InChI is InChI=1S/C11H15NO/c1-8-6-9(13)2-3-10(8)11(7-12)4-5-11/h2-3,6,13H,4-5,7,12H2,1H3. The van der Waals surface area contributed by atoms with Gasteiger partial charge in [-0.05, 0) is 43.0 Å². The molecule has 0 radical (unpaired) electrons. The molecule has 1 aliphatic rings. The highest BCUT2D eigenvalue weighted by atomic mass is 16.3. The van der Waals surface area contributed by atoms with Crippen molar-refractivity contribution in [3.63, 3.8) is 0 Å². The summed E-state index contributed by atoms with van der Waals surface area (Å²) in [6, 6.07) is 5.56. The van der Waals surface area contributed by atoms with E-state index in [4.69, 9.17) is 5.73 Å². The molecule has 2 heteroatoms. The third-order valence-corrected chi connectivity index (χ3v) is 3.03. The largest absolute Gasteiger partial charge is 0.508 e. The molecule has 1 saturated carbocycles. The molecule has 1 aromatic rings. The molecule has 0 spiro atoms. The van der Waals surface area contributed by atoms with Crippen LogP contribution in [0.5, 0.6) is 5.75 Å². The molecule has 70 valence electrons. The summed E-state index contributed by atoms with van der Waals surface area (Å²) < 4.78 is 0. The number of phenols is 1. The minimum Gasteiger partial charge on any atom is -0.508 e. The van der Waals surface area contributed by atoms with Crippen molar-refractivity contribution in [1.82, 2.24) is 0 Å². The van der Waals surface area contributed by atoms with E-state index in [0.29, 0.717) is 5.75 Å². The zero-order valence-electron chi connectivity index (χ0n) is 7.88. The fourth-order valence-electron chi connectivity index (χ4n) is 1.98. The number of aryl methyl sites for hydroxylation is 1. The van der Waals surface area contributed by atoms with Crippen LogP contribution in [0.1, 0.15) is 24.0 Å². The lowest BCUT2D eigenvalue weighted by Crippen LogP contribution is -2.20. The van der Waals surface area contributed by atoms with Crippen molar-refractivity contribution in [2.24, 2.45) is 5.73 Å². The molecule has 0 aromatic heterocycles. The van der Waals surface area contributed by atoms with E-state index in [1.807, 2.05) is 19.1 Å². The van der Waals surface area contributed by atoms with Gasteiger partial charge < -0.3 is 10.8 Å². The number of benzene rings is 1. The van der Waals surface area contributed by atoms with Crippen molar-refractivity contribution >= 4 is 0 Å². The molecular formula is C11H15NO. The first-order valence-electron chi connectivity index (χ1n) is 4.68. The van der Waals surface area contributed by atoms with Crippen LogP contribution in [0.2, 0.25) is 0 Å². The van der Waals surface area contributed by atoms with Crippen molar-refractivity contribution in [2.45, 2.75) is 25.2 Å². The molecule has 0 atom stereocenters. The Morgan fingerprint density at radius 3 is 2.62 bits per heavy atom. The molecule has 13 heavy (non-hydrogen) atoms. The highest BCUT2D eigenvalue weighted by Gasteiger charge is 2.43. The lowest BCUT2D eigenvalue weighted by molar-refractivity contribution is 0.474. The van der Waals surface area contributed by atoms with E-state index in [1.54, 1.807) is 6.07 Å². The predicted molar refractivity (Wildman–Crippen MR) is 52.8 cm³/mol. The maximum absolute atomic E-state index is 9.27. The van der Waals surface area contributed by atoms with Gasteiger partial charge in [0.05, 0.1) is 0 Å². The van der Waals surface area contributed by atoms with Crippen molar-refractivity contribution in [3.8, 4) is 5.75 Å². The van der Waals surface area contributed by atoms with Gasteiger partial charge in [0.25, 0.3) is 0 Å². The summed E-state index contributed by atoms with van der Waals surface area (Å²) in [6.07, 6.45) is 2.38. The highest BCUT2D eigenvalue weighted by Crippen LogP contribution is 2.48. The maximum atomic E-state index is 9.27. The van der Waals surface area contributed by atoms with Crippen molar-refractivity contribution < 1.29 is 5.11 Å². The Balaban J connectivity index is 2.41. The Morgan fingerprint density at radius 2 is 2.15 bits per heavy atom. The van der Waals surface area contributed by atoms with E-state index in [-0.39, 0.29) is 5.41 Å². The first-order valence-corrected chi connectivity index (χ1v) is 4.68. The average Bonchev–Trinajstić information content (AvgIpc) is 2.85. The molecule has 0 aliphatic heterocycles. The zero-order valence-corrected chi connectivity index (χ0v) is 7.88. The van der Waals surface area contributed by atoms with Crippen molar-refractivity contribution in [1.29, 1.82) is 0 Å². The fourth-order valence-corrected chi connectivity index (χ4v) is 1.98. The van der Waals surface area contributed by atoms with Crippen LogP contribution < -0.4 is 5.73 Å². The zero-order chi connectivity index (χ0) is 9.47. The van der Waals surface area contributed by atoms with Crippen LogP contribution in [0.25, 0.3) is 0 Å². The second kappa shape index (κ2) is 2.74. The Kier molecular flexibility index (Phi) is 1.81. The Morgan fingerprint density at radius 1 is 1.46 bits per heavy atom. The lowest BCUT2D eigenvalue weighted by Gasteiger charge is -2.15. The van der Waals surface area contributed by atoms with Crippen LogP contribution >= 0.6 is 0 Å². The Bertz CT molecular complexity index is 329. The molecule has 0 heterocycles. The smallest absolute Gasteiger partial charge is 0.115 e. The second-order valence-corrected chi connectivity index (χ2v) is 3.98. The summed E-state index contributed by atoms with van der Waals surface area (Å²) in [5.74, 6) is 0.342. The summed E-state index contributed by atoms with van der Waals surface area (Å²) in [5, 5.41) is 9.27. The summed E-state index contributed by atoms with van der Waals surface area (Å²) in [7, 11) is 0. The third kappa shape index (κ3) is 1.31. The van der Waals surface area contributed by atoms with Crippen molar-refractivity contribution in [2.75, 3.05) is 6.54 Å². The molecule has 0 saturated heterocycles. The monoisotopic (exact) mass is 177 g/mol. The molecule has 1 aromatic carbocycles. The minimum absolute atomic E-state index is 0.234. The van der Waals surface area contributed by atoms with Crippen LogP contribution in [0.15, 0.2) is 18.2 Å². The van der Waals surface area contributed by atoms with Gasteiger partial charge in [-0.15, -0.1) is 0 Å². The van der Waals surface area contributed by atoms with E-state index in [1.165, 1.54) is 18.4 Å². The van der Waals surface area contributed by atoms with Gasteiger partial charge in [-0.3, -0.25) is 0 Å². The maximum Gasteiger partial charge on any atom is 0.115 e. The molecule has 2 nitrogen and oxygen atoms in total. The SMILES string of the molecule is Cc1cc(O)ccc1C1(CN)CC1. The molecule has 0 amide bonds. The van der Waals surface area contributed by atoms with Gasteiger partial charge in [-0.2, -0.15) is 0 Å². The van der Waals surface area contributed by atoms with Crippen LogP contribution in [0, 0.1) is 6.92 Å². The van der Waals surface area contributed by atoms with Crippen LogP contribution in [0.3, 0.4) is 0 Å². The minimum atomic E-state index is 0.234. The molecule has 3 N–H and O–H groups in total. The van der Waals surface area contributed by atoms with E-state index in [2.05, 4.69) is 0 Å². The molecule has 0 unspecified atom stereocenters. The normalized spacial score (nSPS) is 18.6. The van der Waals surface area contributed by atoms with Gasteiger partial charge in [-0.1, -0.05) is 6.07 Å². The summed E-state index contributed by atoms with van der Waals surface area (Å²) in [6.45, 7) is 2.75.